The standard InChI is InChI=1S/C9H7BrN4OS/c10-6-3-1-2-5(4-6)7(15)12-9-14-13-8(11)16-9/h1-4H,(H2,11,13)(H,12,14,15). The number of amides is 1. The van der Waals surface area contributed by atoms with Crippen molar-refractivity contribution in [3.8, 4) is 0 Å². The van der Waals surface area contributed by atoms with Crippen LogP contribution in [-0.2, 0) is 0 Å². The van der Waals surface area contributed by atoms with Gasteiger partial charge >= 0.3 is 0 Å². The lowest BCUT2D eigenvalue weighted by molar-refractivity contribution is 0.102. The lowest BCUT2D eigenvalue weighted by Gasteiger charge is -2.00. The summed E-state index contributed by atoms with van der Waals surface area (Å²) in [5.41, 5.74) is 5.95. The molecule has 2 rings (SSSR count). The van der Waals surface area contributed by atoms with Gasteiger partial charge in [-0.15, -0.1) is 10.2 Å². The van der Waals surface area contributed by atoms with E-state index in [4.69, 9.17) is 5.73 Å². The molecule has 0 aliphatic heterocycles. The van der Waals surface area contributed by atoms with Gasteiger partial charge in [-0.1, -0.05) is 33.3 Å². The first-order chi connectivity index (χ1) is 7.65. The minimum atomic E-state index is -0.238. The number of halogens is 1. The van der Waals surface area contributed by atoms with Crippen molar-refractivity contribution in [2.75, 3.05) is 11.1 Å². The lowest BCUT2D eigenvalue weighted by atomic mass is 10.2. The third-order valence-electron chi connectivity index (χ3n) is 1.75. The molecule has 0 radical (unpaired) electrons. The minimum Gasteiger partial charge on any atom is -0.374 e. The van der Waals surface area contributed by atoms with E-state index in [9.17, 15) is 4.79 Å². The summed E-state index contributed by atoms with van der Waals surface area (Å²) in [6, 6.07) is 7.07. The number of carbonyl (C=O) groups is 1. The maximum Gasteiger partial charge on any atom is 0.257 e. The average molecular weight is 299 g/mol. The fraction of sp³-hybridized carbons (Fsp3) is 0. The van der Waals surface area contributed by atoms with Crippen molar-refractivity contribution < 1.29 is 4.79 Å². The highest BCUT2D eigenvalue weighted by molar-refractivity contribution is 9.10. The Morgan fingerprint density at radius 3 is 2.88 bits per heavy atom. The largest absolute Gasteiger partial charge is 0.374 e. The van der Waals surface area contributed by atoms with Gasteiger partial charge in [0.15, 0.2) is 0 Å². The first kappa shape index (κ1) is 11.0. The predicted octanol–water partition coefficient (Wildman–Crippen LogP) is 2.14. The summed E-state index contributed by atoms with van der Waals surface area (Å²) in [5, 5.41) is 10.6. The SMILES string of the molecule is Nc1nnc(NC(=O)c2cccc(Br)c2)s1. The Bertz CT molecular complexity index is 528. The van der Waals surface area contributed by atoms with E-state index in [0.29, 0.717) is 15.8 Å². The summed E-state index contributed by atoms with van der Waals surface area (Å²) < 4.78 is 0.844. The lowest BCUT2D eigenvalue weighted by Crippen LogP contribution is -2.11. The van der Waals surface area contributed by atoms with Gasteiger partial charge in [0.05, 0.1) is 0 Å². The van der Waals surface area contributed by atoms with Crippen molar-refractivity contribution in [2.45, 2.75) is 0 Å². The molecule has 0 saturated carbocycles. The summed E-state index contributed by atoms with van der Waals surface area (Å²) in [6.07, 6.45) is 0. The maximum absolute atomic E-state index is 11.7. The summed E-state index contributed by atoms with van der Waals surface area (Å²) in [5.74, 6) is -0.238. The van der Waals surface area contributed by atoms with Gasteiger partial charge in [0.25, 0.3) is 5.91 Å². The third-order valence-corrected chi connectivity index (χ3v) is 2.91. The molecule has 2 aromatic rings. The van der Waals surface area contributed by atoms with Crippen LogP contribution < -0.4 is 11.1 Å². The Morgan fingerprint density at radius 1 is 1.44 bits per heavy atom. The Kier molecular flexibility index (Phi) is 3.16. The van der Waals surface area contributed by atoms with E-state index in [0.717, 1.165) is 15.8 Å². The smallest absolute Gasteiger partial charge is 0.257 e. The molecule has 0 atom stereocenters. The molecule has 3 N–H and O–H groups in total. The molecule has 1 aromatic heterocycles. The second-order valence-corrected chi connectivity index (χ2v) is 4.83. The molecule has 5 nitrogen and oxygen atoms in total. The number of hydrogen-bond acceptors (Lipinski definition) is 5. The molecule has 0 aliphatic carbocycles. The number of rotatable bonds is 2. The van der Waals surface area contributed by atoms with Crippen molar-refractivity contribution in [1.82, 2.24) is 10.2 Å². The molecule has 0 fully saturated rings. The zero-order valence-electron chi connectivity index (χ0n) is 7.98. The van der Waals surface area contributed by atoms with Crippen LogP contribution in [0.15, 0.2) is 28.7 Å². The van der Waals surface area contributed by atoms with Crippen molar-refractivity contribution in [3.05, 3.63) is 34.3 Å². The van der Waals surface area contributed by atoms with Gasteiger partial charge < -0.3 is 5.73 Å². The molecule has 0 spiro atoms. The summed E-state index contributed by atoms with van der Waals surface area (Å²) in [6.45, 7) is 0. The predicted molar refractivity (Wildman–Crippen MR) is 66.4 cm³/mol. The Balaban J connectivity index is 2.14. The van der Waals surface area contributed by atoms with Crippen molar-refractivity contribution >= 4 is 43.4 Å². The van der Waals surface area contributed by atoms with Gasteiger partial charge in [0.2, 0.25) is 10.3 Å². The zero-order valence-corrected chi connectivity index (χ0v) is 10.4. The molecule has 0 saturated heterocycles. The van der Waals surface area contributed by atoms with E-state index >= 15 is 0 Å². The first-order valence-corrected chi connectivity index (χ1v) is 5.92. The summed E-state index contributed by atoms with van der Waals surface area (Å²) in [4.78, 5) is 11.7. The van der Waals surface area contributed by atoms with Crippen LogP contribution in [0.2, 0.25) is 0 Å². The van der Waals surface area contributed by atoms with Crippen LogP contribution in [0.5, 0.6) is 0 Å². The highest BCUT2D eigenvalue weighted by Gasteiger charge is 2.09. The van der Waals surface area contributed by atoms with Crippen LogP contribution in [-0.4, -0.2) is 16.1 Å². The quantitative estimate of drug-likeness (QED) is 0.890. The molecule has 0 bridgehead atoms. The number of nitrogens with one attached hydrogen (secondary N) is 1. The second kappa shape index (κ2) is 4.58. The molecule has 1 aromatic carbocycles. The molecule has 82 valence electrons. The second-order valence-electron chi connectivity index (χ2n) is 2.91. The van der Waals surface area contributed by atoms with Crippen LogP contribution in [0.1, 0.15) is 10.4 Å². The number of aromatic nitrogens is 2. The van der Waals surface area contributed by atoms with E-state index in [1.807, 2.05) is 6.07 Å². The van der Waals surface area contributed by atoms with Crippen LogP contribution in [0.4, 0.5) is 10.3 Å². The molecule has 1 amide bonds. The topological polar surface area (TPSA) is 80.9 Å². The zero-order chi connectivity index (χ0) is 11.5. The van der Waals surface area contributed by atoms with Crippen molar-refractivity contribution in [3.63, 3.8) is 0 Å². The average Bonchev–Trinajstić information content (AvgIpc) is 2.64. The van der Waals surface area contributed by atoms with Crippen LogP contribution in [0.3, 0.4) is 0 Å². The maximum atomic E-state index is 11.7. The summed E-state index contributed by atoms with van der Waals surface area (Å²) in [7, 11) is 0. The number of nitrogens with zero attached hydrogens (tertiary/aromatic N) is 2. The molecular formula is C9H7BrN4OS. The Hall–Kier alpha value is -1.47. The molecule has 0 aliphatic rings. The highest BCUT2D eigenvalue weighted by atomic mass is 79.9. The van der Waals surface area contributed by atoms with E-state index in [1.165, 1.54) is 0 Å². The molecular weight excluding hydrogens is 292 g/mol. The number of anilines is 2. The Labute approximate surface area is 104 Å². The fourth-order valence-electron chi connectivity index (χ4n) is 1.08. The minimum absolute atomic E-state index is 0.238. The van der Waals surface area contributed by atoms with Crippen LogP contribution >= 0.6 is 27.3 Å². The van der Waals surface area contributed by atoms with Crippen LogP contribution in [0, 0.1) is 0 Å². The van der Waals surface area contributed by atoms with Gasteiger partial charge in [-0.05, 0) is 18.2 Å². The number of nitrogens with two attached hydrogens (primary N) is 1. The number of nitrogen functional groups attached to an aromatic ring is 1. The number of carbonyl (C=O) groups excluding carboxylic acids is 1. The number of hydrogen-bond donors (Lipinski definition) is 2. The van der Waals surface area contributed by atoms with E-state index in [2.05, 4.69) is 31.4 Å². The Morgan fingerprint density at radius 2 is 2.25 bits per heavy atom. The third kappa shape index (κ3) is 2.56. The fourth-order valence-corrected chi connectivity index (χ4v) is 1.99. The summed E-state index contributed by atoms with van der Waals surface area (Å²) >= 11 is 4.42. The van der Waals surface area contributed by atoms with Gasteiger partial charge in [0.1, 0.15) is 0 Å². The molecule has 1 heterocycles. The van der Waals surface area contributed by atoms with E-state index in [-0.39, 0.29) is 5.91 Å². The van der Waals surface area contributed by atoms with Gasteiger partial charge in [0, 0.05) is 10.0 Å². The van der Waals surface area contributed by atoms with Gasteiger partial charge in [-0.2, -0.15) is 0 Å². The van der Waals surface area contributed by atoms with E-state index < -0.39 is 0 Å². The monoisotopic (exact) mass is 298 g/mol. The molecule has 16 heavy (non-hydrogen) atoms. The van der Waals surface area contributed by atoms with Crippen LogP contribution in [0.25, 0.3) is 0 Å². The van der Waals surface area contributed by atoms with Crippen molar-refractivity contribution in [2.24, 2.45) is 0 Å². The van der Waals surface area contributed by atoms with Gasteiger partial charge in [-0.3, -0.25) is 10.1 Å². The first-order valence-electron chi connectivity index (χ1n) is 4.31. The molecule has 0 unspecified atom stereocenters. The van der Waals surface area contributed by atoms with Gasteiger partial charge in [-0.25, -0.2) is 0 Å². The normalized spacial score (nSPS) is 10.1. The number of benzene rings is 1. The van der Waals surface area contributed by atoms with Crippen molar-refractivity contribution in [1.29, 1.82) is 0 Å². The molecule has 7 heteroatoms. The van der Waals surface area contributed by atoms with E-state index in [1.54, 1.807) is 18.2 Å². The highest BCUT2D eigenvalue weighted by Crippen LogP contribution is 2.18.